The number of rotatable bonds is 41. The van der Waals surface area contributed by atoms with Gasteiger partial charge in [0.05, 0.1) is 19.8 Å². The summed E-state index contributed by atoms with van der Waals surface area (Å²) in [4.78, 5) is 25.7. The molecule has 388 valence electrons. The zero-order valence-corrected chi connectivity index (χ0v) is 40.9. The highest BCUT2D eigenvalue weighted by molar-refractivity contribution is 5.70. The summed E-state index contributed by atoms with van der Waals surface area (Å²) in [5.41, 5.74) is 0. The van der Waals surface area contributed by atoms with Crippen molar-refractivity contribution in [3.8, 4) is 0 Å². The fourth-order valence-electron chi connectivity index (χ4n) is 8.39. The van der Waals surface area contributed by atoms with E-state index in [1.54, 1.807) is 0 Å². The van der Waals surface area contributed by atoms with E-state index in [1.807, 2.05) is 0 Å². The number of aliphatic hydroxyl groups excluding tert-OH is 7. The highest BCUT2D eigenvalue weighted by Gasteiger charge is 2.47. The van der Waals surface area contributed by atoms with E-state index < -0.39 is 92.7 Å². The first kappa shape index (κ1) is 60.4. The molecule has 2 saturated heterocycles. The molecule has 2 heterocycles. The summed E-state index contributed by atoms with van der Waals surface area (Å²) in [6, 6.07) is 0. The van der Waals surface area contributed by atoms with Gasteiger partial charge in [-0.1, -0.05) is 167 Å². The molecule has 0 aromatic carbocycles. The Morgan fingerprint density at radius 2 is 0.864 bits per heavy atom. The minimum Gasteiger partial charge on any atom is -0.462 e. The maximum atomic E-state index is 13.0. The average Bonchev–Trinajstić information content (AvgIpc) is 3.31. The number of aliphatic hydroxyl groups is 7. The molecule has 2 aliphatic rings. The van der Waals surface area contributed by atoms with Crippen molar-refractivity contribution in [1.82, 2.24) is 0 Å². The number of carbonyl (C=O) groups excluding carboxylic acids is 2. The molecule has 11 atom stereocenters. The summed E-state index contributed by atoms with van der Waals surface area (Å²) < 4.78 is 33.6. The van der Waals surface area contributed by atoms with Crippen LogP contribution >= 0.6 is 0 Å². The van der Waals surface area contributed by atoms with Crippen LogP contribution in [0.5, 0.6) is 0 Å². The first-order chi connectivity index (χ1) is 32.0. The zero-order chi connectivity index (χ0) is 48.2. The third-order valence-electron chi connectivity index (χ3n) is 12.7. The van der Waals surface area contributed by atoms with Crippen molar-refractivity contribution in [2.24, 2.45) is 0 Å². The third kappa shape index (κ3) is 26.8. The van der Waals surface area contributed by atoms with E-state index in [0.29, 0.717) is 12.8 Å². The number of hydrogen-bond donors (Lipinski definition) is 7. The van der Waals surface area contributed by atoms with Crippen LogP contribution in [0.1, 0.15) is 206 Å². The Bertz CT molecular complexity index is 1210. The molecule has 4 unspecified atom stereocenters. The van der Waals surface area contributed by atoms with Crippen molar-refractivity contribution in [3.63, 3.8) is 0 Å². The van der Waals surface area contributed by atoms with Gasteiger partial charge in [-0.25, -0.2) is 0 Å². The minimum atomic E-state index is -1.76. The largest absolute Gasteiger partial charge is 0.462 e. The lowest BCUT2D eigenvalue weighted by Gasteiger charge is -2.42. The lowest BCUT2D eigenvalue weighted by molar-refractivity contribution is -0.332. The van der Waals surface area contributed by atoms with Crippen molar-refractivity contribution >= 4 is 11.9 Å². The molecule has 15 heteroatoms. The first-order valence-electron chi connectivity index (χ1n) is 26.3. The summed E-state index contributed by atoms with van der Waals surface area (Å²) in [7, 11) is 0. The predicted molar refractivity (Wildman–Crippen MR) is 252 cm³/mol. The number of hydrogen-bond acceptors (Lipinski definition) is 15. The Balaban J connectivity index is 1.78. The van der Waals surface area contributed by atoms with Gasteiger partial charge in [-0.2, -0.15) is 0 Å². The molecule has 0 bridgehead atoms. The molecule has 0 spiro atoms. The van der Waals surface area contributed by atoms with Gasteiger partial charge in [0.1, 0.15) is 55.4 Å². The Kier molecular flexibility index (Phi) is 35.7. The molecule has 0 aromatic heterocycles. The van der Waals surface area contributed by atoms with Crippen LogP contribution in [-0.2, 0) is 38.0 Å². The van der Waals surface area contributed by atoms with E-state index in [1.165, 1.54) is 122 Å². The van der Waals surface area contributed by atoms with Crippen LogP contribution in [0, 0.1) is 0 Å². The highest BCUT2D eigenvalue weighted by Crippen LogP contribution is 2.26. The Labute approximate surface area is 397 Å². The maximum absolute atomic E-state index is 13.0. The smallest absolute Gasteiger partial charge is 0.306 e. The fourth-order valence-corrected chi connectivity index (χ4v) is 8.39. The van der Waals surface area contributed by atoms with Gasteiger partial charge < -0.3 is 64.2 Å². The number of allylic oxidation sites excluding steroid dienone is 2. The van der Waals surface area contributed by atoms with E-state index in [-0.39, 0.29) is 26.1 Å². The Morgan fingerprint density at radius 3 is 1.33 bits per heavy atom. The van der Waals surface area contributed by atoms with Crippen LogP contribution in [0.4, 0.5) is 0 Å². The van der Waals surface area contributed by atoms with Crippen LogP contribution in [0.15, 0.2) is 12.2 Å². The Hall–Kier alpha value is -1.76. The zero-order valence-electron chi connectivity index (χ0n) is 40.9. The molecule has 15 nitrogen and oxygen atoms in total. The van der Waals surface area contributed by atoms with Gasteiger partial charge in [0.25, 0.3) is 0 Å². The van der Waals surface area contributed by atoms with Crippen LogP contribution in [0.25, 0.3) is 0 Å². The van der Waals surface area contributed by atoms with Gasteiger partial charge in [-0.15, -0.1) is 0 Å². The minimum absolute atomic E-state index is 0.167. The molecule has 7 N–H and O–H groups in total. The molecular weight excluding hydrogens is 853 g/mol. The molecule has 0 saturated carbocycles. The van der Waals surface area contributed by atoms with Gasteiger partial charge in [0, 0.05) is 12.8 Å². The molecule has 0 aliphatic carbocycles. The number of carbonyl (C=O) groups is 2. The summed E-state index contributed by atoms with van der Waals surface area (Å²) in [6.07, 6.45) is 21.0. The maximum Gasteiger partial charge on any atom is 0.306 e. The standard InChI is InChI=1S/C51H94O15/c1-3-5-7-9-11-13-15-16-17-18-19-20-21-22-24-26-28-30-32-34-43(54)64-39(36-61-42(53)33-31-29-27-25-23-14-12-10-8-6-4-2)37-62-50-49(60)47(58)45(56)41(66-50)38-63-51-48(59)46(57)44(55)40(35-52)65-51/h16-17,39-41,44-52,55-60H,3-15,18-38H2,1-2H3/b17-16+/t39-,40+,41+,44-,45-,46?,47?,48?,49?,50+,51+/m1/s1. The molecular formula is C51H94O15. The number of unbranched alkanes of at least 4 members (excludes halogenated alkanes) is 25. The highest BCUT2D eigenvalue weighted by atomic mass is 16.7. The molecule has 0 radical (unpaired) electrons. The average molecular weight is 947 g/mol. The molecule has 0 aromatic rings. The SMILES string of the molecule is CCCCCCCC/C=C/CCCCCCCCCCCC(=O)O[C@H](COC(=O)CCCCCCCCCCCCC)CO[C@H]1O[C@@H](CO[C@H]2O[C@@H](CO)[C@@H](O)C(O)C2O)[C@@H](O)C(O)C1O. The van der Waals surface area contributed by atoms with Crippen molar-refractivity contribution in [3.05, 3.63) is 12.2 Å². The van der Waals surface area contributed by atoms with Gasteiger partial charge >= 0.3 is 11.9 Å². The van der Waals surface area contributed by atoms with Gasteiger partial charge in [-0.05, 0) is 38.5 Å². The van der Waals surface area contributed by atoms with Crippen LogP contribution in [0.3, 0.4) is 0 Å². The van der Waals surface area contributed by atoms with Crippen LogP contribution in [-0.4, -0.2) is 142 Å². The van der Waals surface area contributed by atoms with Gasteiger partial charge in [0.2, 0.25) is 0 Å². The Morgan fingerprint density at radius 1 is 0.470 bits per heavy atom. The monoisotopic (exact) mass is 947 g/mol. The van der Waals surface area contributed by atoms with E-state index in [9.17, 15) is 45.3 Å². The summed E-state index contributed by atoms with van der Waals surface area (Å²) in [5.74, 6) is -0.919. The second-order valence-electron chi connectivity index (χ2n) is 18.7. The van der Waals surface area contributed by atoms with Crippen LogP contribution < -0.4 is 0 Å². The van der Waals surface area contributed by atoms with Crippen molar-refractivity contribution in [2.75, 3.05) is 26.4 Å². The second-order valence-corrected chi connectivity index (χ2v) is 18.7. The van der Waals surface area contributed by atoms with Crippen molar-refractivity contribution < 1.29 is 73.8 Å². The quantitative estimate of drug-likeness (QED) is 0.0180. The second kappa shape index (κ2) is 39.0. The van der Waals surface area contributed by atoms with E-state index in [0.717, 1.165) is 44.9 Å². The van der Waals surface area contributed by atoms with Gasteiger partial charge in [-0.3, -0.25) is 9.59 Å². The summed E-state index contributed by atoms with van der Waals surface area (Å²) in [5, 5.41) is 72.0. The molecule has 0 amide bonds. The lowest BCUT2D eigenvalue weighted by Crippen LogP contribution is -2.61. The van der Waals surface area contributed by atoms with E-state index in [4.69, 9.17) is 28.4 Å². The van der Waals surface area contributed by atoms with E-state index >= 15 is 0 Å². The molecule has 2 fully saturated rings. The van der Waals surface area contributed by atoms with Gasteiger partial charge in [0.15, 0.2) is 18.7 Å². The molecule has 2 aliphatic heterocycles. The molecule has 66 heavy (non-hydrogen) atoms. The fraction of sp³-hybridized carbons (Fsp3) is 0.922. The predicted octanol–water partition coefficient (Wildman–Crippen LogP) is 7.38. The van der Waals surface area contributed by atoms with E-state index in [2.05, 4.69) is 26.0 Å². The molecule has 2 rings (SSSR count). The third-order valence-corrected chi connectivity index (χ3v) is 12.7. The summed E-state index contributed by atoms with van der Waals surface area (Å²) in [6.45, 7) is 2.59. The normalized spacial score (nSPS) is 26.2. The van der Waals surface area contributed by atoms with Crippen molar-refractivity contribution in [2.45, 2.75) is 274 Å². The number of ether oxygens (including phenoxy) is 6. The lowest BCUT2D eigenvalue weighted by atomic mass is 9.98. The topological polar surface area (TPSA) is 231 Å². The number of esters is 2. The first-order valence-corrected chi connectivity index (χ1v) is 26.3. The van der Waals surface area contributed by atoms with Crippen molar-refractivity contribution in [1.29, 1.82) is 0 Å². The van der Waals surface area contributed by atoms with Crippen LogP contribution in [0.2, 0.25) is 0 Å². The summed E-state index contributed by atoms with van der Waals surface area (Å²) >= 11 is 0.